The van der Waals surface area contributed by atoms with Gasteiger partial charge in [-0.25, -0.2) is 4.68 Å². The molecule has 0 spiro atoms. The lowest BCUT2D eigenvalue weighted by Crippen LogP contribution is -2.39. The third kappa shape index (κ3) is 5.80. The van der Waals surface area contributed by atoms with Crippen molar-refractivity contribution >= 4 is 34.7 Å². The Kier molecular flexibility index (Phi) is 8.17. The van der Waals surface area contributed by atoms with Gasteiger partial charge in [0.25, 0.3) is 0 Å². The quantitative estimate of drug-likeness (QED) is 0.140. The summed E-state index contributed by atoms with van der Waals surface area (Å²) in [6.07, 6.45) is -3.78. The van der Waals surface area contributed by atoms with E-state index in [0.717, 1.165) is 10.9 Å². The van der Waals surface area contributed by atoms with E-state index in [0.29, 0.717) is 12.1 Å². The van der Waals surface area contributed by atoms with E-state index in [9.17, 15) is 23.3 Å². The van der Waals surface area contributed by atoms with Crippen LogP contribution in [0.2, 0.25) is 10.0 Å². The van der Waals surface area contributed by atoms with E-state index in [1.807, 2.05) is 12.1 Å². The molecule has 0 aliphatic rings. The summed E-state index contributed by atoms with van der Waals surface area (Å²) < 4.78 is 43.0. The summed E-state index contributed by atoms with van der Waals surface area (Å²) in [5.74, 6) is -0.399. The van der Waals surface area contributed by atoms with Crippen molar-refractivity contribution in [3.8, 4) is 28.2 Å². The van der Waals surface area contributed by atoms with Crippen LogP contribution in [0.3, 0.4) is 0 Å². The fraction of sp³-hybridized carbons (Fsp3) is 0.111. The van der Waals surface area contributed by atoms with Crippen LogP contribution in [0.15, 0.2) is 85.1 Å². The van der Waals surface area contributed by atoms with Gasteiger partial charge in [-0.05, 0) is 24.3 Å². The summed E-state index contributed by atoms with van der Waals surface area (Å²) >= 11 is 11.5. The van der Waals surface area contributed by atoms with Crippen LogP contribution in [-0.2, 0) is 20.3 Å². The van der Waals surface area contributed by atoms with E-state index in [4.69, 9.17) is 28.9 Å². The molecule has 5 rings (SSSR count). The Balaban J connectivity index is 0.000000186. The summed E-state index contributed by atoms with van der Waals surface area (Å²) in [7, 11) is 4.18. The third-order valence-electron chi connectivity index (χ3n) is 6.10. The Bertz CT molecular complexity index is 1590. The SMILES string of the molecule is Cn1c(-c2ccccc2)cc(-c2ccccc2)[n+]1C.Nc1c([N+](=O)[O-])cnn1-c1c(Cl)cc(C(F)(F)F)cc1Cl. The second-order valence-corrected chi connectivity index (χ2v) is 9.38. The van der Waals surface area contributed by atoms with Gasteiger partial charge in [0.2, 0.25) is 11.5 Å². The van der Waals surface area contributed by atoms with Gasteiger partial charge in [-0.3, -0.25) is 10.1 Å². The van der Waals surface area contributed by atoms with Crippen LogP contribution in [0.5, 0.6) is 0 Å². The van der Waals surface area contributed by atoms with Crippen LogP contribution < -0.4 is 10.4 Å². The van der Waals surface area contributed by atoms with Crippen LogP contribution in [0, 0.1) is 10.1 Å². The first kappa shape index (κ1) is 28.7. The third-order valence-corrected chi connectivity index (χ3v) is 6.67. The average Bonchev–Trinajstić information content (AvgIpc) is 3.44. The van der Waals surface area contributed by atoms with Crippen molar-refractivity contribution in [2.45, 2.75) is 6.18 Å². The Morgan fingerprint density at radius 1 is 0.950 bits per heavy atom. The van der Waals surface area contributed by atoms with Crippen molar-refractivity contribution in [1.82, 2.24) is 14.5 Å². The molecule has 40 heavy (non-hydrogen) atoms. The Morgan fingerprint density at radius 2 is 1.48 bits per heavy atom. The molecule has 0 amide bonds. The smallest absolute Gasteiger partial charge is 0.378 e. The monoisotopic (exact) mass is 589 g/mol. The largest absolute Gasteiger partial charge is 0.416 e. The van der Waals surface area contributed by atoms with Gasteiger partial charge < -0.3 is 5.73 Å². The fourth-order valence-corrected chi connectivity index (χ4v) is 4.64. The zero-order chi connectivity index (χ0) is 29.2. The molecule has 0 atom stereocenters. The van der Waals surface area contributed by atoms with Gasteiger partial charge in [-0.15, -0.1) is 4.68 Å². The van der Waals surface area contributed by atoms with Gasteiger partial charge in [0.1, 0.15) is 17.6 Å². The molecule has 0 bridgehead atoms. The van der Waals surface area contributed by atoms with Crippen LogP contribution in [-0.4, -0.2) is 19.4 Å². The molecule has 3 aromatic carbocycles. The number of nitrogens with two attached hydrogens (primary N) is 1. The topological polar surface area (TPSA) is 95.8 Å². The number of halogens is 5. The molecule has 5 aromatic rings. The molecule has 8 nitrogen and oxygen atoms in total. The Hall–Kier alpha value is -4.35. The second kappa shape index (κ2) is 11.4. The summed E-state index contributed by atoms with van der Waals surface area (Å²) in [6.45, 7) is 0. The van der Waals surface area contributed by atoms with Crippen LogP contribution in [0.4, 0.5) is 24.7 Å². The zero-order valence-electron chi connectivity index (χ0n) is 21.1. The van der Waals surface area contributed by atoms with Crippen molar-refractivity contribution in [3.63, 3.8) is 0 Å². The maximum Gasteiger partial charge on any atom is 0.416 e. The summed E-state index contributed by atoms with van der Waals surface area (Å²) in [6, 6.07) is 24.5. The predicted molar refractivity (Wildman–Crippen MR) is 147 cm³/mol. The van der Waals surface area contributed by atoms with E-state index in [-0.39, 0.29) is 15.7 Å². The molecule has 0 radical (unpaired) electrons. The molecular weight excluding hydrogens is 568 g/mol. The average molecular weight is 590 g/mol. The van der Waals surface area contributed by atoms with E-state index in [1.165, 1.54) is 22.5 Å². The van der Waals surface area contributed by atoms with Crippen molar-refractivity contribution in [1.29, 1.82) is 0 Å². The number of benzene rings is 3. The first-order valence-corrected chi connectivity index (χ1v) is 12.4. The molecule has 0 aliphatic carbocycles. The van der Waals surface area contributed by atoms with Crippen molar-refractivity contribution in [2.24, 2.45) is 14.1 Å². The van der Waals surface area contributed by atoms with Gasteiger partial charge in [0.05, 0.1) is 27.6 Å². The molecule has 0 aliphatic heterocycles. The minimum atomic E-state index is -4.63. The normalized spacial score (nSPS) is 11.2. The number of hydrogen-bond donors (Lipinski definition) is 1. The van der Waals surface area contributed by atoms with Gasteiger partial charge >= 0.3 is 11.9 Å². The van der Waals surface area contributed by atoms with E-state index < -0.39 is 28.2 Å². The minimum absolute atomic E-state index is 0.170. The number of nitro groups is 1. The zero-order valence-corrected chi connectivity index (χ0v) is 22.6. The highest BCUT2D eigenvalue weighted by atomic mass is 35.5. The van der Waals surface area contributed by atoms with E-state index >= 15 is 0 Å². The number of aromatic nitrogens is 4. The van der Waals surface area contributed by atoms with Crippen LogP contribution >= 0.6 is 23.2 Å². The number of hydrogen-bond acceptors (Lipinski definition) is 4. The van der Waals surface area contributed by atoms with Crippen molar-refractivity contribution in [3.05, 3.63) is 111 Å². The Morgan fingerprint density at radius 3 is 1.95 bits per heavy atom. The number of nitrogens with zero attached hydrogens (tertiary/aromatic N) is 5. The molecule has 0 saturated carbocycles. The molecule has 2 heterocycles. The van der Waals surface area contributed by atoms with Crippen molar-refractivity contribution < 1.29 is 22.8 Å². The predicted octanol–water partition coefficient (Wildman–Crippen LogP) is 6.87. The first-order chi connectivity index (χ1) is 18.9. The highest BCUT2D eigenvalue weighted by Crippen LogP contribution is 2.39. The van der Waals surface area contributed by atoms with Crippen LogP contribution in [0.25, 0.3) is 28.2 Å². The van der Waals surface area contributed by atoms with Gasteiger partial charge in [0, 0.05) is 17.2 Å². The van der Waals surface area contributed by atoms with E-state index in [2.05, 4.69) is 83.2 Å². The molecule has 2 N–H and O–H groups in total. The number of rotatable bonds is 4. The number of nitrogen functional groups attached to an aromatic ring is 1. The fourth-order valence-electron chi connectivity index (χ4n) is 4.00. The highest BCUT2D eigenvalue weighted by molar-refractivity contribution is 6.38. The maximum absolute atomic E-state index is 12.6. The standard InChI is InChI=1S/C17H17N2.C10H5Cl2F3N4O2/c1-18-16(14-9-5-3-6-10-14)13-17(19(18)2)15-11-7-4-8-12-15;11-5-1-4(10(13,14)15)2-6(12)8(5)18-9(16)7(3-17-18)19(20)21/h3-13H,1-2H3;1-3H,16H2/q+1;. The minimum Gasteiger partial charge on any atom is -0.378 e. The summed E-state index contributed by atoms with van der Waals surface area (Å²) in [4.78, 5) is 9.89. The molecule has 206 valence electrons. The second-order valence-electron chi connectivity index (χ2n) is 8.56. The lowest BCUT2D eigenvalue weighted by molar-refractivity contribution is -0.740. The molecule has 0 fully saturated rings. The molecule has 13 heteroatoms. The summed E-state index contributed by atoms with van der Waals surface area (Å²) in [5.41, 5.74) is 8.71. The number of alkyl halides is 3. The first-order valence-electron chi connectivity index (χ1n) is 11.6. The van der Waals surface area contributed by atoms with Crippen molar-refractivity contribution in [2.75, 3.05) is 5.73 Å². The molecular formula is C27H22Cl2F3N6O2+. The number of anilines is 1. The molecule has 0 unspecified atom stereocenters. The van der Waals surface area contributed by atoms with Gasteiger partial charge in [0.15, 0.2) is 7.05 Å². The van der Waals surface area contributed by atoms with E-state index in [1.54, 1.807) is 0 Å². The molecule has 2 aromatic heterocycles. The highest BCUT2D eigenvalue weighted by Gasteiger charge is 2.33. The maximum atomic E-state index is 12.6. The lowest BCUT2D eigenvalue weighted by atomic mass is 10.1. The van der Waals surface area contributed by atoms with Crippen LogP contribution in [0.1, 0.15) is 5.56 Å². The van der Waals surface area contributed by atoms with Gasteiger partial charge in [-0.2, -0.15) is 23.0 Å². The summed E-state index contributed by atoms with van der Waals surface area (Å²) in [5, 5.41) is 13.5. The van der Waals surface area contributed by atoms with Gasteiger partial charge in [-0.1, -0.05) is 71.7 Å². The molecule has 0 saturated heterocycles. The lowest BCUT2D eigenvalue weighted by Gasteiger charge is -2.12. The Labute approximate surface area is 236 Å².